The Morgan fingerprint density at radius 1 is 0.952 bits per heavy atom. The largest absolute Gasteiger partial charge is 0.423 e. The zero-order chi connectivity index (χ0) is 30.8. The number of alkyl halides is 6. The van der Waals surface area contributed by atoms with Crippen LogP contribution in [-0.2, 0) is 21.9 Å². The van der Waals surface area contributed by atoms with Gasteiger partial charge in [-0.25, -0.2) is 0 Å². The first-order valence-electron chi connectivity index (χ1n) is 13.6. The number of hydrogen-bond donors (Lipinski definition) is 1. The molecule has 0 aromatic heterocycles. The van der Waals surface area contributed by atoms with E-state index in [2.05, 4.69) is 5.32 Å². The molecule has 230 valence electrons. The normalized spacial score (nSPS) is 23.5. The molecule has 1 N–H and O–H groups in total. The standard InChI is InChI=1S/C28H32F6N4O4/c1-17-15-37(18(2)14-36(17)22-8-3-19(4-9-22)27(29,30)31)26(39)16-42-23-10-5-20(6-11-23)35-21-7-12-25(38(40)41)24(13-21)28(32,33)34/h3-4,7-9,12-13,17-18,20,23,35H,5-6,10-11,14-16H2,1-2H3. The Morgan fingerprint density at radius 3 is 2.17 bits per heavy atom. The number of halogens is 6. The summed E-state index contributed by atoms with van der Waals surface area (Å²) in [5, 5.41) is 14.0. The molecule has 2 atom stereocenters. The van der Waals surface area contributed by atoms with Crippen molar-refractivity contribution in [1.29, 1.82) is 0 Å². The number of ether oxygens (including phenoxy) is 1. The third kappa shape index (κ3) is 7.44. The summed E-state index contributed by atoms with van der Waals surface area (Å²) in [7, 11) is 0. The van der Waals surface area contributed by atoms with Crippen molar-refractivity contribution in [1.82, 2.24) is 4.90 Å². The molecule has 0 spiro atoms. The number of hydrogen-bond acceptors (Lipinski definition) is 6. The highest BCUT2D eigenvalue weighted by Crippen LogP contribution is 2.38. The SMILES string of the molecule is CC1CN(c2ccc(C(F)(F)F)cc2)C(C)CN1C(=O)COC1CCC(Nc2ccc([N+](=O)[O-])c(C(F)(F)F)c2)CC1. The van der Waals surface area contributed by atoms with E-state index in [9.17, 15) is 41.3 Å². The molecule has 2 aromatic rings. The highest BCUT2D eigenvalue weighted by atomic mass is 19.4. The van der Waals surface area contributed by atoms with Crippen molar-refractivity contribution in [2.24, 2.45) is 0 Å². The third-order valence-electron chi connectivity index (χ3n) is 7.82. The van der Waals surface area contributed by atoms with E-state index in [4.69, 9.17) is 4.74 Å². The van der Waals surface area contributed by atoms with Crippen LogP contribution in [0.1, 0.15) is 50.7 Å². The summed E-state index contributed by atoms with van der Waals surface area (Å²) in [6, 6.07) is 7.36. The molecule has 1 aliphatic carbocycles. The Morgan fingerprint density at radius 2 is 1.60 bits per heavy atom. The summed E-state index contributed by atoms with van der Waals surface area (Å²) in [6.07, 6.45) is -7.15. The zero-order valence-corrected chi connectivity index (χ0v) is 23.0. The van der Waals surface area contributed by atoms with Gasteiger partial charge in [-0.2, -0.15) is 26.3 Å². The highest BCUT2D eigenvalue weighted by Gasteiger charge is 2.39. The Labute approximate surface area is 238 Å². The predicted molar refractivity (Wildman–Crippen MR) is 143 cm³/mol. The van der Waals surface area contributed by atoms with Crippen LogP contribution >= 0.6 is 0 Å². The van der Waals surface area contributed by atoms with Crippen LogP contribution in [0, 0.1) is 10.1 Å². The fraction of sp³-hybridized carbons (Fsp3) is 0.536. The Bertz CT molecular complexity index is 1260. The number of nitro benzene ring substituents is 1. The highest BCUT2D eigenvalue weighted by molar-refractivity contribution is 5.78. The second-order valence-corrected chi connectivity index (χ2v) is 10.9. The van der Waals surface area contributed by atoms with E-state index in [1.54, 1.807) is 4.90 Å². The van der Waals surface area contributed by atoms with Gasteiger partial charge in [0.1, 0.15) is 12.2 Å². The van der Waals surface area contributed by atoms with Gasteiger partial charge < -0.3 is 19.9 Å². The van der Waals surface area contributed by atoms with Crippen molar-refractivity contribution in [2.75, 3.05) is 29.9 Å². The minimum atomic E-state index is -4.86. The first kappa shape index (κ1) is 31.4. The van der Waals surface area contributed by atoms with Crippen LogP contribution in [0.2, 0.25) is 0 Å². The molecular weight excluding hydrogens is 570 g/mol. The van der Waals surface area contributed by atoms with Crippen LogP contribution in [0.4, 0.5) is 43.4 Å². The van der Waals surface area contributed by atoms with Crippen molar-refractivity contribution < 1.29 is 40.8 Å². The maximum atomic E-state index is 13.3. The molecule has 1 saturated heterocycles. The van der Waals surface area contributed by atoms with Gasteiger partial charge in [0.05, 0.1) is 16.6 Å². The molecule has 2 aromatic carbocycles. The molecule has 1 aliphatic heterocycles. The van der Waals surface area contributed by atoms with Crippen LogP contribution in [-0.4, -0.2) is 59.7 Å². The van der Waals surface area contributed by atoms with Crippen molar-refractivity contribution in [3.8, 4) is 0 Å². The van der Waals surface area contributed by atoms with Gasteiger partial charge in [-0.1, -0.05) is 0 Å². The molecule has 1 heterocycles. The number of carbonyl (C=O) groups excluding carboxylic acids is 1. The number of rotatable bonds is 7. The van der Waals surface area contributed by atoms with Gasteiger partial charge in [-0.3, -0.25) is 14.9 Å². The molecule has 0 bridgehead atoms. The van der Waals surface area contributed by atoms with Crippen LogP contribution in [0.5, 0.6) is 0 Å². The van der Waals surface area contributed by atoms with E-state index in [1.165, 1.54) is 18.2 Å². The number of benzene rings is 2. The van der Waals surface area contributed by atoms with Crippen LogP contribution in [0.15, 0.2) is 42.5 Å². The van der Waals surface area contributed by atoms with Gasteiger partial charge >= 0.3 is 12.4 Å². The molecule has 8 nitrogen and oxygen atoms in total. The lowest BCUT2D eigenvalue weighted by Crippen LogP contribution is -2.59. The fourth-order valence-electron chi connectivity index (χ4n) is 5.57. The van der Waals surface area contributed by atoms with E-state index < -0.39 is 34.1 Å². The number of anilines is 2. The number of amides is 1. The predicted octanol–water partition coefficient (Wildman–Crippen LogP) is 6.50. The van der Waals surface area contributed by atoms with Crippen LogP contribution < -0.4 is 10.2 Å². The topological polar surface area (TPSA) is 88.0 Å². The summed E-state index contributed by atoms with van der Waals surface area (Å²) in [5.41, 5.74) is -2.23. The number of piperazine rings is 1. The Hall–Kier alpha value is -3.55. The number of nitrogens with one attached hydrogen (secondary N) is 1. The van der Waals surface area contributed by atoms with E-state index >= 15 is 0 Å². The van der Waals surface area contributed by atoms with Gasteiger partial charge in [-0.15, -0.1) is 0 Å². The zero-order valence-electron chi connectivity index (χ0n) is 23.0. The second kappa shape index (κ2) is 12.4. The maximum Gasteiger partial charge on any atom is 0.423 e. The first-order valence-corrected chi connectivity index (χ1v) is 13.6. The lowest BCUT2D eigenvalue weighted by molar-refractivity contribution is -0.388. The van der Waals surface area contributed by atoms with Crippen molar-refractivity contribution in [3.63, 3.8) is 0 Å². The van der Waals surface area contributed by atoms with Crippen molar-refractivity contribution >= 4 is 23.0 Å². The average molecular weight is 603 g/mol. The molecule has 2 aliphatic rings. The monoisotopic (exact) mass is 602 g/mol. The summed E-state index contributed by atoms with van der Waals surface area (Å²) >= 11 is 0. The lowest BCUT2D eigenvalue weighted by atomic mass is 9.92. The summed E-state index contributed by atoms with van der Waals surface area (Å²) < 4.78 is 84.5. The van der Waals surface area contributed by atoms with Crippen molar-refractivity contribution in [2.45, 2.75) is 76.1 Å². The second-order valence-electron chi connectivity index (χ2n) is 10.9. The third-order valence-corrected chi connectivity index (χ3v) is 7.82. The minimum Gasteiger partial charge on any atom is -0.382 e. The van der Waals surface area contributed by atoms with Gasteiger partial charge in [0, 0.05) is 48.7 Å². The number of nitro groups is 1. The summed E-state index contributed by atoms with van der Waals surface area (Å²) in [5.74, 6) is -0.188. The van der Waals surface area contributed by atoms with Gasteiger partial charge in [-0.05, 0) is 75.9 Å². The average Bonchev–Trinajstić information content (AvgIpc) is 2.92. The smallest absolute Gasteiger partial charge is 0.382 e. The van der Waals surface area contributed by atoms with E-state index in [1.807, 2.05) is 18.7 Å². The van der Waals surface area contributed by atoms with Gasteiger partial charge in [0.25, 0.3) is 5.69 Å². The number of carbonyl (C=O) groups is 1. The Kier molecular flexibility index (Phi) is 9.24. The molecule has 4 rings (SSSR count). The maximum absolute atomic E-state index is 13.3. The van der Waals surface area contributed by atoms with E-state index in [-0.39, 0.29) is 42.4 Å². The molecule has 2 fully saturated rings. The quantitative estimate of drug-likeness (QED) is 0.221. The van der Waals surface area contributed by atoms with Crippen molar-refractivity contribution in [3.05, 3.63) is 63.7 Å². The summed E-state index contributed by atoms with van der Waals surface area (Å²) in [4.78, 5) is 26.6. The fourth-order valence-corrected chi connectivity index (χ4v) is 5.57. The molecule has 0 radical (unpaired) electrons. The van der Waals surface area contributed by atoms with Crippen LogP contribution in [0.25, 0.3) is 0 Å². The molecular formula is C28H32F6N4O4. The van der Waals surface area contributed by atoms with E-state index in [0.717, 1.165) is 24.3 Å². The van der Waals surface area contributed by atoms with Gasteiger partial charge in [0.2, 0.25) is 5.91 Å². The van der Waals surface area contributed by atoms with E-state index in [0.29, 0.717) is 44.5 Å². The molecule has 2 unspecified atom stereocenters. The lowest BCUT2D eigenvalue weighted by Gasteiger charge is -2.45. The number of nitrogens with zero attached hydrogens (tertiary/aromatic N) is 3. The first-order chi connectivity index (χ1) is 19.6. The Balaban J connectivity index is 1.25. The minimum absolute atomic E-state index is 0.124. The molecule has 1 saturated carbocycles. The molecule has 42 heavy (non-hydrogen) atoms. The molecule has 1 amide bonds. The van der Waals surface area contributed by atoms with Crippen LogP contribution in [0.3, 0.4) is 0 Å². The summed E-state index contributed by atoms with van der Waals surface area (Å²) in [6.45, 7) is 4.49. The molecule has 14 heteroatoms. The van der Waals surface area contributed by atoms with Gasteiger partial charge in [0.15, 0.2) is 0 Å².